The molecule has 2 heterocycles. The smallest absolute Gasteiger partial charge is 0.221 e. The number of carbonyl (C=O) groups excluding carboxylic acids is 1. The van der Waals surface area contributed by atoms with Gasteiger partial charge in [0.2, 0.25) is 5.91 Å². The van der Waals surface area contributed by atoms with Crippen molar-refractivity contribution >= 4 is 15.7 Å². The Kier molecular flexibility index (Phi) is 4.72. The summed E-state index contributed by atoms with van der Waals surface area (Å²) in [5.41, 5.74) is 3.41. The highest BCUT2D eigenvalue weighted by molar-refractivity contribution is 7.91. The Labute approximate surface area is 136 Å². The predicted molar refractivity (Wildman–Crippen MR) is 86.8 cm³/mol. The molecular weight excluding hydrogens is 316 g/mol. The summed E-state index contributed by atoms with van der Waals surface area (Å²) in [6, 6.07) is 0.0439. The molecule has 2 aliphatic rings. The number of amides is 1. The van der Waals surface area contributed by atoms with E-state index in [1.54, 1.807) is 0 Å². The van der Waals surface area contributed by atoms with E-state index < -0.39 is 9.84 Å². The summed E-state index contributed by atoms with van der Waals surface area (Å²) in [5, 5.41) is 10.2. The molecule has 3 rings (SSSR count). The number of aromatic amines is 1. The van der Waals surface area contributed by atoms with E-state index in [4.69, 9.17) is 0 Å². The van der Waals surface area contributed by atoms with Gasteiger partial charge in [-0.1, -0.05) is 0 Å². The van der Waals surface area contributed by atoms with Crippen LogP contribution in [-0.4, -0.2) is 60.6 Å². The number of carbonyl (C=O) groups is 1. The Morgan fingerprint density at radius 1 is 1.43 bits per heavy atom. The molecule has 0 unspecified atom stereocenters. The predicted octanol–water partition coefficient (Wildman–Crippen LogP) is 0.0236. The van der Waals surface area contributed by atoms with E-state index in [9.17, 15) is 13.2 Å². The zero-order chi connectivity index (χ0) is 16.4. The van der Waals surface area contributed by atoms with Gasteiger partial charge in [0.05, 0.1) is 23.7 Å². The highest BCUT2D eigenvalue weighted by Gasteiger charge is 2.30. The van der Waals surface area contributed by atoms with E-state index in [0.29, 0.717) is 25.9 Å². The van der Waals surface area contributed by atoms with Crippen molar-refractivity contribution in [1.29, 1.82) is 0 Å². The molecule has 0 spiro atoms. The van der Waals surface area contributed by atoms with E-state index >= 15 is 0 Å². The van der Waals surface area contributed by atoms with E-state index in [-0.39, 0.29) is 23.5 Å². The number of hydrogen-bond donors (Lipinski definition) is 2. The molecule has 1 aromatic heterocycles. The molecule has 0 saturated carbocycles. The first-order valence-electron chi connectivity index (χ1n) is 8.17. The van der Waals surface area contributed by atoms with Crippen molar-refractivity contribution in [3.63, 3.8) is 0 Å². The maximum atomic E-state index is 12.0. The first kappa shape index (κ1) is 16.4. The molecule has 1 aromatic rings. The first-order chi connectivity index (χ1) is 10.9. The van der Waals surface area contributed by atoms with Gasteiger partial charge in [-0.2, -0.15) is 5.10 Å². The van der Waals surface area contributed by atoms with E-state index in [0.717, 1.165) is 25.0 Å². The number of nitrogens with one attached hydrogen (secondary N) is 2. The van der Waals surface area contributed by atoms with Crippen LogP contribution in [0.1, 0.15) is 36.2 Å². The monoisotopic (exact) mass is 340 g/mol. The van der Waals surface area contributed by atoms with Crippen LogP contribution in [-0.2, 0) is 34.0 Å². The van der Waals surface area contributed by atoms with Gasteiger partial charge in [-0.05, 0) is 38.3 Å². The highest BCUT2D eigenvalue weighted by atomic mass is 32.2. The maximum absolute atomic E-state index is 12.0. The van der Waals surface area contributed by atoms with Gasteiger partial charge in [0.25, 0.3) is 0 Å². The first-order valence-corrected chi connectivity index (χ1v) is 9.99. The Morgan fingerprint density at radius 3 is 3.00 bits per heavy atom. The van der Waals surface area contributed by atoms with Crippen LogP contribution >= 0.6 is 0 Å². The normalized spacial score (nSPS) is 22.4. The van der Waals surface area contributed by atoms with E-state index in [1.165, 1.54) is 11.3 Å². The number of nitrogens with zero attached hydrogens (tertiary/aromatic N) is 2. The average molecular weight is 340 g/mol. The van der Waals surface area contributed by atoms with Gasteiger partial charge < -0.3 is 10.2 Å². The molecule has 0 aromatic carbocycles. The van der Waals surface area contributed by atoms with Crippen LogP contribution in [0, 0.1) is 0 Å². The standard InChI is InChI=1S/C15H24N4O3S/c1-19(11-6-8-23(21,22)10-11)7-5-15(20)16-9-14-12-3-2-4-13(12)17-18-14/h11H,2-10H2,1H3,(H,16,20)(H,17,18)/t11-/m0/s1. The van der Waals surface area contributed by atoms with Gasteiger partial charge >= 0.3 is 0 Å². The van der Waals surface area contributed by atoms with Gasteiger partial charge in [0.1, 0.15) is 0 Å². The van der Waals surface area contributed by atoms with Crippen LogP contribution in [0.3, 0.4) is 0 Å². The van der Waals surface area contributed by atoms with Crippen molar-refractivity contribution in [2.24, 2.45) is 0 Å². The SMILES string of the molecule is CN(CCC(=O)NCc1n[nH]c2c1CCC2)[C@H]1CCS(=O)(=O)C1. The molecule has 1 aliphatic carbocycles. The second kappa shape index (κ2) is 6.60. The summed E-state index contributed by atoms with van der Waals surface area (Å²) in [7, 11) is -0.990. The topological polar surface area (TPSA) is 95.2 Å². The lowest BCUT2D eigenvalue weighted by molar-refractivity contribution is -0.121. The average Bonchev–Trinajstić information content (AvgIpc) is 3.18. The molecule has 128 valence electrons. The molecule has 0 radical (unpaired) electrons. The quantitative estimate of drug-likeness (QED) is 0.761. The fourth-order valence-electron chi connectivity index (χ4n) is 3.39. The molecule has 0 bridgehead atoms. The van der Waals surface area contributed by atoms with Crippen LogP contribution < -0.4 is 5.32 Å². The molecule has 23 heavy (non-hydrogen) atoms. The fraction of sp³-hybridized carbons (Fsp3) is 0.733. The molecular formula is C15H24N4O3S. The number of aryl methyl sites for hydroxylation is 1. The van der Waals surface area contributed by atoms with Crippen LogP contribution in [0.2, 0.25) is 0 Å². The summed E-state index contributed by atoms with van der Waals surface area (Å²) in [5.74, 6) is 0.454. The van der Waals surface area contributed by atoms with Crippen LogP contribution in [0.4, 0.5) is 0 Å². The molecule has 1 atom stereocenters. The summed E-state index contributed by atoms with van der Waals surface area (Å²) < 4.78 is 23.0. The minimum atomic E-state index is -2.88. The molecule has 8 heteroatoms. The minimum Gasteiger partial charge on any atom is -0.350 e. The summed E-state index contributed by atoms with van der Waals surface area (Å²) in [6.07, 6.45) is 4.28. The summed E-state index contributed by atoms with van der Waals surface area (Å²) >= 11 is 0. The molecule has 2 N–H and O–H groups in total. The molecule has 1 fully saturated rings. The zero-order valence-electron chi connectivity index (χ0n) is 13.5. The second-order valence-corrected chi connectivity index (χ2v) is 8.77. The lowest BCUT2D eigenvalue weighted by Gasteiger charge is -2.22. The molecule has 7 nitrogen and oxygen atoms in total. The van der Waals surface area contributed by atoms with Gasteiger partial charge in [0, 0.05) is 24.7 Å². The van der Waals surface area contributed by atoms with Gasteiger partial charge in [-0.15, -0.1) is 0 Å². The minimum absolute atomic E-state index is 0.0209. The number of hydrogen-bond acceptors (Lipinski definition) is 5. The Balaban J connectivity index is 1.41. The van der Waals surface area contributed by atoms with E-state index in [2.05, 4.69) is 15.5 Å². The van der Waals surface area contributed by atoms with Crippen LogP contribution in [0.25, 0.3) is 0 Å². The Morgan fingerprint density at radius 2 is 2.26 bits per heavy atom. The third-order valence-electron chi connectivity index (χ3n) is 4.87. The Hall–Kier alpha value is -1.41. The second-order valence-electron chi connectivity index (χ2n) is 6.55. The molecule has 1 amide bonds. The van der Waals surface area contributed by atoms with Crippen molar-refractivity contribution in [3.8, 4) is 0 Å². The van der Waals surface area contributed by atoms with Crippen molar-refractivity contribution < 1.29 is 13.2 Å². The molecule has 1 saturated heterocycles. The number of H-pyrrole nitrogens is 1. The number of fused-ring (bicyclic) bond motifs is 1. The van der Waals surface area contributed by atoms with Crippen molar-refractivity contribution in [2.45, 2.75) is 44.7 Å². The lowest BCUT2D eigenvalue weighted by atomic mass is 10.2. The third kappa shape index (κ3) is 3.92. The zero-order valence-corrected chi connectivity index (χ0v) is 14.3. The van der Waals surface area contributed by atoms with Crippen LogP contribution in [0.15, 0.2) is 0 Å². The summed E-state index contributed by atoms with van der Waals surface area (Å²) in [4.78, 5) is 14.0. The van der Waals surface area contributed by atoms with Gasteiger partial charge in [-0.3, -0.25) is 9.89 Å². The van der Waals surface area contributed by atoms with Crippen molar-refractivity contribution in [1.82, 2.24) is 20.4 Å². The number of aromatic nitrogens is 2. The van der Waals surface area contributed by atoms with Crippen molar-refractivity contribution in [2.75, 3.05) is 25.1 Å². The number of sulfone groups is 1. The maximum Gasteiger partial charge on any atom is 0.221 e. The fourth-order valence-corrected chi connectivity index (χ4v) is 5.19. The molecule has 1 aliphatic heterocycles. The Bertz CT molecular complexity index is 683. The highest BCUT2D eigenvalue weighted by Crippen LogP contribution is 2.22. The third-order valence-corrected chi connectivity index (χ3v) is 6.62. The van der Waals surface area contributed by atoms with Gasteiger partial charge in [-0.25, -0.2) is 8.42 Å². The lowest BCUT2D eigenvalue weighted by Crippen LogP contribution is -2.36. The number of rotatable bonds is 6. The van der Waals surface area contributed by atoms with Crippen LogP contribution in [0.5, 0.6) is 0 Å². The summed E-state index contributed by atoms with van der Waals surface area (Å²) in [6.45, 7) is 1.04. The van der Waals surface area contributed by atoms with E-state index in [1.807, 2.05) is 11.9 Å². The largest absolute Gasteiger partial charge is 0.350 e. The van der Waals surface area contributed by atoms with Gasteiger partial charge in [0.15, 0.2) is 9.84 Å². The van der Waals surface area contributed by atoms with Crippen molar-refractivity contribution in [3.05, 3.63) is 17.0 Å².